The van der Waals surface area contributed by atoms with Crippen LogP contribution in [0.15, 0.2) is 18.2 Å². The maximum Gasteiger partial charge on any atom is 0.225 e. The molecule has 2 heterocycles. The summed E-state index contributed by atoms with van der Waals surface area (Å²) < 4.78 is 0. The number of hydrogen-bond acceptors (Lipinski definition) is 4. The molecule has 0 radical (unpaired) electrons. The van der Waals surface area contributed by atoms with E-state index in [1.54, 1.807) is 6.07 Å². The van der Waals surface area contributed by atoms with Gasteiger partial charge in [0.05, 0.1) is 0 Å². The molecule has 2 fully saturated rings. The van der Waals surface area contributed by atoms with Crippen LogP contribution < -0.4 is 0 Å². The molecule has 5 nitrogen and oxygen atoms in total. The van der Waals surface area contributed by atoms with Gasteiger partial charge >= 0.3 is 0 Å². The molecular weight excluding hydrogens is 304 g/mol. The lowest BCUT2D eigenvalue weighted by molar-refractivity contribution is -0.138. The Balaban J connectivity index is 1.48. The highest BCUT2D eigenvalue weighted by molar-refractivity contribution is 5.79. The van der Waals surface area contributed by atoms with E-state index in [2.05, 4.69) is 16.7 Å². The van der Waals surface area contributed by atoms with Gasteiger partial charge < -0.3 is 15.1 Å². The summed E-state index contributed by atoms with van der Waals surface area (Å²) in [6.45, 7) is 6.67. The molecule has 1 aromatic carbocycles. The Labute approximate surface area is 143 Å². The molecule has 0 aliphatic carbocycles. The first-order valence-electron chi connectivity index (χ1n) is 9.05. The molecule has 132 valence electrons. The molecule has 1 amide bonds. The summed E-state index contributed by atoms with van der Waals surface area (Å²) in [6.07, 6.45) is 4.09. The lowest BCUT2D eigenvalue weighted by atomic mass is 9.92. The summed E-state index contributed by atoms with van der Waals surface area (Å²) in [5, 5.41) is 19.0. The van der Waals surface area contributed by atoms with Gasteiger partial charge in [0.2, 0.25) is 5.91 Å². The van der Waals surface area contributed by atoms with Crippen LogP contribution in [-0.2, 0) is 11.3 Å². The van der Waals surface area contributed by atoms with E-state index in [1.165, 1.54) is 6.07 Å². The maximum atomic E-state index is 12.7. The van der Waals surface area contributed by atoms with Crippen LogP contribution in [0.4, 0.5) is 0 Å². The minimum Gasteiger partial charge on any atom is -0.504 e. The minimum atomic E-state index is -0.0843. The molecule has 0 bridgehead atoms. The summed E-state index contributed by atoms with van der Waals surface area (Å²) in [7, 11) is 0. The van der Waals surface area contributed by atoms with Gasteiger partial charge in [-0.05, 0) is 62.4 Å². The molecule has 24 heavy (non-hydrogen) atoms. The van der Waals surface area contributed by atoms with Gasteiger partial charge in [-0.2, -0.15) is 0 Å². The summed E-state index contributed by atoms with van der Waals surface area (Å²) in [5.74, 6) is 1.11. The normalized spacial score (nSPS) is 21.1. The van der Waals surface area contributed by atoms with Gasteiger partial charge in [-0.3, -0.25) is 9.69 Å². The average Bonchev–Trinajstić information content (AvgIpc) is 2.59. The quantitative estimate of drug-likeness (QED) is 0.835. The fourth-order valence-corrected chi connectivity index (χ4v) is 3.75. The number of hydrogen-bond donors (Lipinski definition) is 2. The van der Waals surface area contributed by atoms with Crippen LogP contribution >= 0.6 is 0 Å². The third-order valence-electron chi connectivity index (χ3n) is 5.48. The van der Waals surface area contributed by atoms with Crippen LogP contribution in [0, 0.1) is 11.8 Å². The van der Waals surface area contributed by atoms with Crippen molar-refractivity contribution in [3.05, 3.63) is 23.8 Å². The van der Waals surface area contributed by atoms with E-state index in [1.807, 2.05) is 6.07 Å². The van der Waals surface area contributed by atoms with Crippen molar-refractivity contribution in [2.75, 3.05) is 26.2 Å². The second kappa shape index (κ2) is 7.43. The smallest absolute Gasteiger partial charge is 0.225 e. The standard InChI is InChI=1S/C19H28N2O3/c1-14-4-10-21(11-5-14)19(24)16-6-8-20(9-7-16)13-15-2-3-17(22)18(23)12-15/h2-3,12,14,16,22-23H,4-11,13H2,1H3. The molecule has 2 N–H and O–H groups in total. The van der Waals surface area contributed by atoms with Crippen LogP contribution in [0.3, 0.4) is 0 Å². The fourth-order valence-electron chi connectivity index (χ4n) is 3.75. The maximum absolute atomic E-state index is 12.7. The molecule has 0 aromatic heterocycles. The Kier molecular flexibility index (Phi) is 5.29. The zero-order valence-electron chi connectivity index (χ0n) is 14.4. The predicted octanol–water partition coefficient (Wildman–Crippen LogP) is 2.57. The number of phenols is 2. The van der Waals surface area contributed by atoms with E-state index in [4.69, 9.17) is 0 Å². The lowest BCUT2D eigenvalue weighted by Gasteiger charge is -2.36. The van der Waals surface area contributed by atoms with E-state index in [-0.39, 0.29) is 17.4 Å². The average molecular weight is 332 g/mol. The Morgan fingerprint density at radius 1 is 1.04 bits per heavy atom. The Bertz CT molecular complexity index is 574. The van der Waals surface area contributed by atoms with Crippen LogP contribution in [0.5, 0.6) is 11.5 Å². The van der Waals surface area contributed by atoms with Crippen molar-refractivity contribution in [3.8, 4) is 11.5 Å². The molecule has 5 heteroatoms. The molecule has 1 aromatic rings. The van der Waals surface area contributed by atoms with Gasteiger partial charge in [-0.25, -0.2) is 0 Å². The van der Waals surface area contributed by atoms with E-state index in [9.17, 15) is 15.0 Å². The van der Waals surface area contributed by atoms with Crippen LogP contribution in [0.1, 0.15) is 38.2 Å². The van der Waals surface area contributed by atoms with E-state index < -0.39 is 0 Å². The van der Waals surface area contributed by atoms with Crippen LogP contribution in [0.2, 0.25) is 0 Å². The number of rotatable bonds is 3. The molecular formula is C19H28N2O3. The largest absolute Gasteiger partial charge is 0.504 e. The van der Waals surface area contributed by atoms with Gasteiger partial charge in [-0.1, -0.05) is 13.0 Å². The Morgan fingerprint density at radius 2 is 1.71 bits per heavy atom. The number of nitrogens with zero attached hydrogens (tertiary/aromatic N) is 2. The van der Waals surface area contributed by atoms with Gasteiger partial charge in [0.25, 0.3) is 0 Å². The summed E-state index contributed by atoms with van der Waals surface area (Å²) in [4.78, 5) is 17.0. The monoisotopic (exact) mass is 332 g/mol. The molecule has 0 atom stereocenters. The number of aromatic hydroxyl groups is 2. The fraction of sp³-hybridized carbons (Fsp3) is 0.632. The topological polar surface area (TPSA) is 64.0 Å². The first-order valence-corrected chi connectivity index (χ1v) is 9.05. The summed E-state index contributed by atoms with van der Waals surface area (Å²) >= 11 is 0. The minimum absolute atomic E-state index is 0.0723. The zero-order chi connectivity index (χ0) is 17.1. The van der Waals surface area contributed by atoms with E-state index >= 15 is 0 Å². The van der Waals surface area contributed by atoms with Gasteiger partial charge in [-0.15, -0.1) is 0 Å². The molecule has 3 rings (SSSR count). The highest BCUT2D eigenvalue weighted by Gasteiger charge is 2.30. The molecule has 2 aliphatic rings. The zero-order valence-corrected chi connectivity index (χ0v) is 14.4. The number of benzene rings is 1. The van der Waals surface area contributed by atoms with Gasteiger partial charge in [0, 0.05) is 25.6 Å². The van der Waals surface area contributed by atoms with Gasteiger partial charge in [0.1, 0.15) is 0 Å². The highest BCUT2D eigenvalue weighted by Crippen LogP contribution is 2.27. The Hall–Kier alpha value is -1.75. The Morgan fingerprint density at radius 3 is 2.33 bits per heavy atom. The number of amides is 1. The second-order valence-corrected chi connectivity index (χ2v) is 7.38. The van der Waals surface area contributed by atoms with Crippen molar-refractivity contribution in [2.24, 2.45) is 11.8 Å². The molecule has 2 saturated heterocycles. The summed E-state index contributed by atoms with van der Waals surface area (Å²) in [5.41, 5.74) is 0.986. The third-order valence-corrected chi connectivity index (χ3v) is 5.48. The molecule has 2 aliphatic heterocycles. The highest BCUT2D eigenvalue weighted by atomic mass is 16.3. The number of likely N-dealkylation sites (tertiary alicyclic amines) is 2. The van der Waals surface area contributed by atoms with E-state index in [0.29, 0.717) is 5.91 Å². The van der Waals surface area contributed by atoms with Crippen LogP contribution in [-0.4, -0.2) is 52.1 Å². The second-order valence-electron chi connectivity index (χ2n) is 7.38. The van der Waals surface area contributed by atoms with E-state index in [0.717, 1.165) is 69.9 Å². The molecule has 0 spiro atoms. The number of phenolic OH excluding ortho intramolecular Hbond substituents is 2. The lowest BCUT2D eigenvalue weighted by Crippen LogP contribution is -2.45. The molecule has 0 saturated carbocycles. The third kappa shape index (κ3) is 4.01. The first kappa shape index (κ1) is 17.1. The van der Waals surface area contributed by atoms with Gasteiger partial charge in [0.15, 0.2) is 11.5 Å². The van der Waals surface area contributed by atoms with Crippen LogP contribution in [0.25, 0.3) is 0 Å². The van der Waals surface area contributed by atoms with Crippen molar-refractivity contribution in [1.29, 1.82) is 0 Å². The predicted molar refractivity (Wildman–Crippen MR) is 92.8 cm³/mol. The number of carbonyl (C=O) groups is 1. The molecule has 0 unspecified atom stereocenters. The number of carbonyl (C=O) groups excluding carboxylic acids is 1. The van der Waals surface area contributed by atoms with Crippen molar-refractivity contribution in [1.82, 2.24) is 9.80 Å². The van der Waals surface area contributed by atoms with Crippen molar-refractivity contribution < 1.29 is 15.0 Å². The number of piperidine rings is 2. The van der Waals surface area contributed by atoms with Crippen molar-refractivity contribution in [3.63, 3.8) is 0 Å². The summed E-state index contributed by atoms with van der Waals surface area (Å²) in [6, 6.07) is 4.97. The SMILES string of the molecule is CC1CCN(C(=O)C2CCN(Cc3ccc(O)c(O)c3)CC2)CC1. The first-order chi connectivity index (χ1) is 11.5. The van der Waals surface area contributed by atoms with Crippen molar-refractivity contribution >= 4 is 5.91 Å². The van der Waals surface area contributed by atoms with Crippen molar-refractivity contribution in [2.45, 2.75) is 39.2 Å².